The molecular formula is C9H7N3O3. The molecule has 0 aromatic heterocycles. The molecule has 15 heavy (non-hydrogen) atoms. The van der Waals surface area contributed by atoms with Crippen LogP contribution in [-0.4, -0.2) is 16.3 Å². The van der Waals surface area contributed by atoms with Gasteiger partial charge in [-0.25, -0.2) is 0 Å². The highest BCUT2D eigenvalue weighted by molar-refractivity contribution is 5.66. The van der Waals surface area contributed by atoms with Crippen molar-refractivity contribution in [3.8, 4) is 6.07 Å². The Morgan fingerprint density at radius 1 is 1.67 bits per heavy atom. The molecule has 0 radical (unpaired) electrons. The summed E-state index contributed by atoms with van der Waals surface area (Å²) in [5.41, 5.74) is 0.320. The van der Waals surface area contributed by atoms with Gasteiger partial charge < -0.3 is 5.21 Å². The Kier molecular flexibility index (Phi) is 3.35. The van der Waals surface area contributed by atoms with Crippen molar-refractivity contribution >= 4 is 11.9 Å². The summed E-state index contributed by atoms with van der Waals surface area (Å²) in [5, 5.41) is 30.4. The lowest BCUT2D eigenvalue weighted by Crippen LogP contribution is -1.99. The maximum atomic E-state index is 10.6. The van der Waals surface area contributed by atoms with Gasteiger partial charge in [0.2, 0.25) is 0 Å². The summed E-state index contributed by atoms with van der Waals surface area (Å²) in [6.07, 6.45) is 1.15. The average molecular weight is 205 g/mol. The van der Waals surface area contributed by atoms with E-state index in [2.05, 4.69) is 5.16 Å². The number of nitriles is 1. The first-order valence-electron chi connectivity index (χ1n) is 4.03. The summed E-state index contributed by atoms with van der Waals surface area (Å²) < 4.78 is 0. The fraction of sp³-hybridized carbons (Fsp3) is 0.111. The van der Waals surface area contributed by atoms with Crippen LogP contribution in [0.1, 0.15) is 11.1 Å². The van der Waals surface area contributed by atoms with E-state index < -0.39 is 4.92 Å². The number of rotatable bonds is 3. The van der Waals surface area contributed by atoms with Crippen molar-refractivity contribution < 1.29 is 10.1 Å². The third-order valence-electron chi connectivity index (χ3n) is 1.85. The van der Waals surface area contributed by atoms with Crippen molar-refractivity contribution in [2.24, 2.45) is 5.16 Å². The van der Waals surface area contributed by atoms with Gasteiger partial charge in [0.25, 0.3) is 5.69 Å². The van der Waals surface area contributed by atoms with Gasteiger partial charge in [-0.05, 0) is 6.07 Å². The molecule has 0 aliphatic rings. The van der Waals surface area contributed by atoms with Crippen LogP contribution in [0.5, 0.6) is 0 Å². The second kappa shape index (κ2) is 4.72. The topological polar surface area (TPSA) is 99.5 Å². The van der Waals surface area contributed by atoms with Gasteiger partial charge in [-0.1, -0.05) is 6.07 Å². The second-order valence-corrected chi connectivity index (χ2v) is 2.67. The lowest BCUT2D eigenvalue weighted by atomic mass is 10.0. The van der Waals surface area contributed by atoms with Gasteiger partial charge in [0.15, 0.2) is 0 Å². The Hall–Kier alpha value is -2.42. The average Bonchev–Trinajstić information content (AvgIpc) is 2.25. The van der Waals surface area contributed by atoms with Crippen LogP contribution in [0.3, 0.4) is 0 Å². The van der Waals surface area contributed by atoms with Crippen LogP contribution in [0.2, 0.25) is 0 Å². The van der Waals surface area contributed by atoms with E-state index in [9.17, 15) is 10.1 Å². The van der Waals surface area contributed by atoms with E-state index in [1.54, 1.807) is 0 Å². The Morgan fingerprint density at radius 3 is 2.93 bits per heavy atom. The number of benzene rings is 1. The molecule has 1 aromatic carbocycles. The predicted molar refractivity (Wildman–Crippen MR) is 51.8 cm³/mol. The quantitative estimate of drug-likeness (QED) is 0.349. The summed E-state index contributed by atoms with van der Waals surface area (Å²) in [5.74, 6) is 0. The van der Waals surface area contributed by atoms with Crippen LogP contribution in [0.15, 0.2) is 23.4 Å². The van der Waals surface area contributed by atoms with E-state index in [0.717, 1.165) is 6.21 Å². The fourth-order valence-electron chi connectivity index (χ4n) is 1.20. The summed E-state index contributed by atoms with van der Waals surface area (Å²) in [4.78, 5) is 10.1. The third-order valence-corrected chi connectivity index (χ3v) is 1.85. The summed E-state index contributed by atoms with van der Waals surface area (Å²) in [6, 6.07) is 6.08. The molecule has 0 spiro atoms. The normalized spacial score (nSPS) is 10.1. The molecule has 76 valence electrons. The number of nitro benzene ring substituents is 1. The zero-order valence-corrected chi connectivity index (χ0v) is 7.62. The number of hydrogen-bond acceptors (Lipinski definition) is 5. The minimum atomic E-state index is -0.568. The molecule has 6 nitrogen and oxygen atoms in total. The maximum absolute atomic E-state index is 10.6. The van der Waals surface area contributed by atoms with E-state index in [1.165, 1.54) is 18.2 Å². The van der Waals surface area contributed by atoms with Gasteiger partial charge in [0.1, 0.15) is 0 Å². The smallest absolute Gasteiger partial charge is 0.274 e. The number of nitro groups is 1. The zero-order chi connectivity index (χ0) is 11.3. The maximum Gasteiger partial charge on any atom is 0.274 e. The Labute approximate surface area is 85.2 Å². The minimum Gasteiger partial charge on any atom is -0.411 e. The third kappa shape index (κ3) is 2.28. The number of oxime groups is 1. The number of nitrogens with zero attached hydrogens (tertiary/aromatic N) is 3. The minimum absolute atomic E-state index is 0.0521. The Balaban J connectivity index is 3.28. The molecule has 1 aromatic rings. The molecule has 1 N–H and O–H groups in total. The van der Waals surface area contributed by atoms with Crippen LogP contribution < -0.4 is 0 Å². The van der Waals surface area contributed by atoms with Gasteiger partial charge in [-0.15, -0.1) is 5.16 Å². The van der Waals surface area contributed by atoms with Crippen molar-refractivity contribution in [3.63, 3.8) is 0 Å². The zero-order valence-electron chi connectivity index (χ0n) is 7.62. The first-order chi connectivity index (χ1) is 7.20. The van der Waals surface area contributed by atoms with E-state index in [4.69, 9.17) is 10.5 Å². The van der Waals surface area contributed by atoms with E-state index in [0.29, 0.717) is 0 Å². The molecule has 6 heteroatoms. The fourth-order valence-corrected chi connectivity index (χ4v) is 1.20. The lowest BCUT2D eigenvalue weighted by molar-refractivity contribution is -0.385. The number of hydrogen-bond donors (Lipinski definition) is 1. The summed E-state index contributed by atoms with van der Waals surface area (Å²) in [7, 11) is 0. The lowest BCUT2D eigenvalue weighted by Gasteiger charge is -2.00. The molecular weight excluding hydrogens is 198 g/mol. The summed E-state index contributed by atoms with van der Waals surface area (Å²) in [6.45, 7) is 0. The molecule has 1 rings (SSSR count). The Bertz CT molecular complexity index is 448. The van der Waals surface area contributed by atoms with Gasteiger partial charge in [-0.2, -0.15) is 5.26 Å². The van der Waals surface area contributed by atoms with Gasteiger partial charge in [-0.3, -0.25) is 10.1 Å². The first-order valence-corrected chi connectivity index (χ1v) is 4.03. The van der Waals surface area contributed by atoms with Gasteiger partial charge in [0, 0.05) is 18.7 Å². The molecule has 0 fully saturated rings. The van der Waals surface area contributed by atoms with Gasteiger partial charge >= 0.3 is 0 Å². The Morgan fingerprint density at radius 2 is 2.40 bits per heavy atom. The molecule has 0 heterocycles. The largest absolute Gasteiger partial charge is 0.411 e. The molecule has 0 bridgehead atoms. The summed E-state index contributed by atoms with van der Waals surface area (Å²) >= 11 is 0. The SMILES string of the molecule is N#Cc1cccc([N+](=O)[O-])c1CC=NO. The van der Waals surface area contributed by atoms with E-state index in [-0.39, 0.29) is 23.2 Å². The monoisotopic (exact) mass is 205 g/mol. The van der Waals surface area contributed by atoms with Crippen LogP contribution >= 0.6 is 0 Å². The van der Waals surface area contributed by atoms with Crippen LogP contribution in [0, 0.1) is 21.4 Å². The van der Waals surface area contributed by atoms with Crippen molar-refractivity contribution in [1.29, 1.82) is 5.26 Å². The first kappa shape index (κ1) is 10.7. The molecule has 0 aliphatic heterocycles. The molecule has 0 atom stereocenters. The molecule has 0 saturated heterocycles. The van der Waals surface area contributed by atoms with Gasteiger partial charge in [0.05, 0.1) is 22.1 Å². The molecule has 0 saturated carbocycles. The molecule has 0 aliphatic carbocycles. The molecule has 0 unspecified atom stereocenters. The van der Waals surface area contributed by atoms with Crippen molar-refractivity contribution in [3.05, 3.63) is 39.4 Å². The van der Waals surface area contributed by atoms with E-state index >= 15 is 0 Å². The predicted octanol–water partition coefficient (Wildman–Crippen LogP) is 1.47. The van der Waals surface area contributed by atoms with Crippen LogP contribution in [0.4, 0.5) is 5.69 Å². The second-order valence-electron chi connectivity index (χ2n) is 2.67. The highest BCUT2D eigenvalue weighted by Crippen LogP contribution is 2.21. The van der Waals surface area contributed by atoms with Crippen LogP contribution in [0.25, 0.3) is 0 Å². The van der Waals surface area contributed by atoms with Crippen molar-refractivity contribution in [2.45, 2.75) is 6.42 Å². The van der Waals surface area contributed by atoms with Crippen LogP contribution in [-0.2, 0) is 6.42 Å². The highest BCUT2D eigenvalue weighted by Gasteiger charge is 2.15. The van der Waals surface area contributed by atoms with Crippen molar-refractivity contribution in [1.82, 2.24) is 0 Å². The molecule has 0 amide bonds. The van der Waals surface area contributed by atoms with E-state index in [1.807, 2.05) is 6.07 Å². The standard InChI is InChI=1S/C9H7N3O3/c10-6-7-2-1-3-9(12(14)15)8(7)4-5-11-13/h1-3,5,13H,4H2. The van der Waals surface area contributed by atoms with Crippen molar-refractivity contribution in [2.75, 3.05) is 0 Å². The highest BCUT2D eigenvalue weighted by atomic mass is 16.6.